The number of nitrogens with one attached hydrogen (secondary N) is 1. The van der Waals surface area contributed by atoms with E-state index in [-0.39, 0.29) is 51.6 Å². The number of aromatic nitrogens is 3. The number of benzene rings is 2. The maximum atomic E-state index is 15.0. The Balaban J connectivity index is 1.40. The van der Waals surface area contributed by atoms with E-state index in [1.807, 2.05) is 0 Å². The van der Waals surface area contributed by atoms with Crippen LogP contribution in [-0.2, 0) is 6.18 Å². The number of ether oxygens (including phenoxy) is 1. The van der Waals surface area contributed by atoms with Gasteiger partial charge < -0.3 is 20.1 Å². The van der Waals surface area contributed by atoms with Gasteiger partial charge in [0.05, 0.1) is 24.9 Å². The number of piperidine rings is 2. The average Bonchev–Trinajstić information content (AvgIpc) is 3.62. The third kappa shape index (κ3) is 4.85. The van der Waals surface area contributed by atoms with Gasteiger partial charge >= 0.3 is 12.2 Å². The molecule has 2 aromatic carbocycles. The standard InChI is InChI=1S/C34H31F5N6O3/c1-2-23-25(36)7-4-18-10-22(46)11-26(28(18)23)45-27(34(37,38)39)12-24-29(31(45)47)41-32(42-30(24)44-16-20-5-6-21(44)14-40-20)48-17-33-8-3-9-43(33)15-19(35)13-33/h1,4,7,10-12,19-21,40,46H,3,5-6,8-9,13-17H2/t19-,20?,21?,33+/m1/s1/i17D2. The highest BCUT2D eigenvalue weighted by atomic mass is 19.4. The minimum atomic E-state index is -5.16. The molecule has 4 atom stereocenters. The van der Waals surface area contributed by atoms with Crippen LogP contribution >= 0.6 is 0 Å². The molecule has 2 N–H and O–H groups in total. The summed E-state index contributed by atoms with van der Waals surface area (Å²) >= 11 is 0. The van der Waals surface area contributed by atoms with Gasteiger partial charge in [-0.1, -0.05) is 12.0 Å². The van der Waals surface area contributed by atoms with Crippen LogP contribution in [0.1, 0.15) is 46.1 Å². The summed E-state index contributed by atoms with van der Waals surface area (Å²) in [6, 6.07) is 4.21. The van der Waals surface area contributed by atoms with Gasteiger partial charge in [-0.3, -0.25) is 14.3 Å². The molecule has 250 valence electrons. The fourth-order valence-corrected chi connectivity index (χ4v) is 7.95. The summed E-state index contributed by atoms with van der Waals surface area (Å²) in [6.07, 6.45) is 1.41. The maximum absolute atomic E-state index is 15.0. The van der Waals surface area contributed by atoms with Gasteiger partial charge in [0.15, 0.2) is 0 Å². The van der Waals surface area contributed by atoms with Crippen LogP contribution in [0.4, 0.5) is 27.8 Å². The monoisotopic (exact) mass is 668 g/mol. The quantitative estimate of drug-likeness (QED) is 0.234. The van der Waals surface area contributed by atoms with Crippen molar-refractivity contribution in [2.75, 3.05) is 37.6 Å². The summed E-state index contributed by atoms with van der Waals surface area (Å²) < 4.78 is 99.0. The van der Waals surface area contributed by atoms with E-state index in [9.17, 15) is 18.7 Å². The van der Waals surface area contributed by atoms with Crippen LogP contribution < -0.4 is 20.5 Å². The van der Waals surface area contributed by atoms with E-state index < -0.39 is 70.0 Å². The Hall–Kier alpha value is -4.48. The number of nitrogens with zero attached hydrogens (tertiary/aromatic N) is 5. The topological polar surface area (TPSA) is 95.8 Å². The molecule has 2 bridgehead atoms. The largest absolute Gasteiger partial charge is 0.508 e. The molecule has 9 rings (SSSR count). The zero-order valence-corrected chi connectivity index (χ0v) is 25.4. The van der Waals surface area contributed by atoms with E-state index in [1.54, 1.807) is 9.80 Å². The van der Waals surface area contributed by atoms with E-state index >= 15 is 13.2 Å². The Morgan fingerprint density at radius 2 is 2.04 bits per heavy atom. The fourth-order valence-electron chi connectivity index (χ4n) is 7.95. The molecule has 7 heterocycles. The molecule has 5 saturated heterocycles. The van der Waals surface area contributed by atoms with E-state index in [4.69, 9.17) is 13.9 Å². The first-order chi connectivity index (χ1) is 23.7. The van der Waals surface area contributed by atoms with Gasteiger partial charge in [0.2, 0.25) is 0 Å². The summed E-state index contributed by atoms with van der Waals surface area (Å²) in [5.41, 5.74) is -5.59. The van der Waals surface area contributed by atoms with Crippen LogP contribution in [0.5, 0.6) is 11.8 Å². The molecule has 14 heteroatoms. The van der Waals surface area contributed by atoms with Gasteiger partial charge in [0, 0.05) is 49.6 Å². The lowest BCUT2D eigenvalue weighted by Gasteiger charge is -2.46. The minimum Gasteiger partial charge on any atom is -0.508 e. The van der Waals surface area contributed by atoms with Crippen LogP contribution in [0.25, 0.3) is 27.4 Å². The van der Waals surface area contributed by atoms with E-state index in [1.165, 1.54) is 12.1 Å². The van der Waals surface area contributed by atoms with Crippen molar-refractivity contribution in [1.29, 1.82) is 0 Å². The summed E-state index contributed by atoms with van der Waals surface area (Å²) in [5, 5.41) is 13.5. The van der Waals surface area contributed by atoms with Crippen molar-refractivity contribution in [1.82, 2.24) is 24.8 Å². The van der Waals surface area contributed by atoms with Crippen molar-refractivity contribution in [2.24, 2.45) is 0 Å². The highest BCUT2D eigenvalue weighted by molar-refractivity contribution is 5.97. The Labute approximate surface area is 274 Å². The third-order valence-electron chi connectivity index (χ3n) is 10.1. The van der Waals surface area contributed by atoms with Crippen LogP contribution in [0.2, 0.25) is 0 Å². The number of aromatic hydroxyl groups is 1. The average molecular weight is 669 g/mol. The van der Waals surface area contributed by atoms with Crippen molar-refractivity contribution in [3.8, 4) is 29.8 Å². The molecule has 9 nitrogen and oxygen atoms in total. The molecule has 5 fully saturated rings. The number of terminal acetylenes is 1. The second-order valence-electron chi connectivity index (χ2n) is 13.0. The second kappa shape index (κ2) is 11.0. The molecular weight excluding hydrogens is 635 g/mol. The van der Waals surface area contributed by atoms with Gasteiger partial charge in [0.1, 0.15) is 41.3 Å². The highest BCUT2D eigenvalue weighted by Gasteiger charge is 2.49. The molecule has 0 radical (unpaired) electrons. The first-order valence-electron chi connectivity index (χ1n) is 16.8. The number of fused-ring (bicyclic) bond motifs is 6. The van der Waals surface area contributed by atoms with Gasteiger partial charge in [-0.05, 0) is 55.8 Å². The summed E-state index contributed by atoms with van der Waals surface area (Å²) in [6.45, 7) is -1.22. The Morgan fingerprint density at radius 3 is 2.75 bits per heavy atom. The predicted octanol–water partition coefficient (Wildman–Crippen LogP) is 4.67. The minimum absolute atomic E-state index is 0.00932. The number of piperazine rings is 1. The molecular formula is C34H31F5N6O3. The van der Waals surface area contributed by atoms with E-state index in [2.05, 4.69) is 21.2 Å². The zero-order chi connectivity index (χ0) is 35.3. The summed E-state index contributed by atoms with van der Waals surface area (Å²) in [4.78, 5) is 26.7. The number of alkyl halides is 4. The fraction of sp³-hybridized carbons (Fsp3) is 0.441. The Bertz CT molecular complexity index is 2170. The van der Waals surface area contributed by atoms with Crippen molar-refractivity contribution in [3.05, 3.63) is 57.8 Å². The zero-order valence-electron chi connectivity index (χ0n) is 27.4. The van der Waals surface area contributed by atoms with Gasteiger partial charge in [-0.15, -0.1) is 6.42 Å². The van der Waals surface area contributed by atoms with Crippen molar-refractivity contribution >= 4 is 27.5 Å². The van der Waals surface area contributed by atoms with Crippen molar-refractivity contribution < 1.29 is 34.5 Å². The maximum Gasteiger partial charge on any atom is 0.431 e. The van der Waals surface area contributed by atoms with Gasteiger partial charge in [0.25, 0.3) is 5.56 Å². The van der Waals surface area contributed by atoms with Crippen LogP contribution in [0, 0.1) is 18.2 Å². The van der Waals surface area contributed by atoms with Crippen LogP contribution in [0.3, 0.4) is 0 Å². The molecule has 0 aliphatic carbocycles. The second-order valence-corrected chi connectivity index (χ2v) is 13.0. The number of halogens is 5. The lowest BCUT2D eigenvalue weighted by molar-refractivity contribution is -0.142. The third-order valence-corrected chi connectivity index (χ3v) is 10.1. The van der Waals surface area contributed by atoms with Crippen molar-refractivity contribution in [3.63, 3.8) is 0 Å². The molecule has 5 aliphatic heterocycles. The Kier molecular flexibility index (Phi) is 6.55. The lowest BCUT2D eigenvalue weighted by atomic mass is 9.93. The molecule has 4 aromatic rings. The lowest BCUT2D eigenvalue weighted by Crippen LogP contribution is -2.61. The molecule has 0 amide bonds. The van der Waals surface area contributed by atoms with Crippen molar-refractivity contribution in [2.45, 2.75) is 62.1 Å². The summed E-state index contributed by atoms with van der Waals surface area (Å²) in [5.74, 6) is 0.672. The smallest absolute Gasteiger partial charge is 0.431 e. The first-order valence-corrected chi connectivity index (χ1v) is 15.8. The number of phenols is 1. The number of phenolic OH excluding ortho intramolecular Hbond substituents is 1. The number of rotatable bonds is 5. The highest BCUT2D eigenvalue weighted by Crippen LogP contribution is 2.42. The Morgan fingerprint density at radius 1 is 1.21 bits per heavy atom. The van der Waals surface area contributed by atoms with Gasteiger partial charge in [-0.2, -0.15) is 23.1 Å². The molecule has 2 aromatic heterocycles. The van der Waals surface area contributed by atoms with E-state index in [0.717, 1.165) is 24.6 Å². The van der Waals surface area contributed by atoms with Crippen LogP contribution in [-0.4, -0.2) is 81.1 Å². The molecule has 48 heavy (non-hydrogen) atoms. The number of pyridine rings is 1. The SMILES string of the molecule is [2H]C([2H])(Oc1nc(N2CC3CCC2CN3)c2cc(C(F)(F)F)n(-c3cc(O)cc4ccc(F)c(C#C)c34)c(=O)c2n1)[C@@]12CCCN1C[C@H](F)C2. The van der Waals surface area contributed by atoms with Crippen LogP contribution in [0.15, 0.2) is 35.1 Å². The molecule has 0 saturated carbocycles. The number of anilines is 1. The molecule has 2 unspecified atom stereocenters. The number of hydrogen-bond donors (Lipinski definition) is 2. The molecule has 5 aliphatic rings. The molecule has 0 spiro atoms. The van der Waals surface area contributed by atoms with E-state index in [0.29, 0.717) is 38.9 Å². The first kappa shape index (κ1) is 28.5. The normalized spacial score (nSPS) is 26.5. The number of hydrogen-bond acceptors (Lipinski definition) is 8. The predicted molar refractivity (Wildman–Crippen MR) is 168 cm³/mol. The summed E-state index contributed by atoms with van der Waals surface area (Å²) in [7, 11) is 0. The van der Waals surface area contributed by atoms with Gasteiger partial charge in [-0.25, -0.2) is 8.78 Å².